The summed E-state index contributed by atoms with van der Waals surface area (Å²) in [5, 5.41) is 0. The summed E-state index contributed by atoms with van der Waals surface area (Å²) in [6.07, 6.45) is 0. The molecule has 3 aromatic carbocycles. The number of hydrogen-bond acceptors (Lipinski definition) is 2. The van der Waals surface area contributed by atoms with E-state index < -0.39 is 0 Å². The van der Waals surface area contributed by atoms with Crippen molar-refractivity contribution in [3.63, 3.8) is 0 Å². The number of carbonyl (C=O) groups excluding carboxylic acids is 1. The molecule has 114 valence electrons. The number of carbonyl (C=O) groups is 1. The highest BCUT2D eigenvalue weighted by atomic mass is 79.9. The molecule has 0 radical (unpaired) electrons. The standard InChI is InChI=1S/C20H15BrO2/c1-23-20(22)16-9-5-8-15(12-16)18-11-10-17(21)13-19(18)14-6-3-2-4-7-14/h2-13H,1H3. The van der Waals surface area contributed by atoms with E-state index in [0.29, 0.717) is 5.56 Å². The van der Waals surface area contributed by atoms with Crippen molar-refractivity contribution >= 4 is 21.9 Å². The molecule has 0 heterocycles. The van der Waals surface area contributed by atoms with Gasteiger partial charge in [-0.05, 0) is 46.5 Å². The van der Waals surface area contributed by atoms with Crippen molar-refractivity contribution in [2.75, 3.05) is 7.11 Å². The lowest BCUT2D eigenvalue weighted by atomic mass is 9.94. The summed E-state index contributed by atoms with van der Waals surface area (Å²) >= 11 is 3.54. The number of hydrogen-bond donors (Lipinski definition) is 0. The Kier molecular flexibility index (Phi) is 4.58. The van der Waals surface area contributed by atoms with E-state index in [0.717, 1.165) is 26.7 Å². The zero-order chi connectivity index (χ0) is 16.2. The fraction of sp³-hybridized carbons (Fsp3) is 0.0500. The van der Waals surface area contributed by atoms with Gasteiger partial charge in [0.05, 0.1) is 12.7 Å². The van der Waals surface area contributed by atoms with Gasteiger partial charge in [0.2, 0.25) is 0 Å². The smallest absolute Gasteiger partial charge is 0.337 e. The number of methoxy groups -OCH3 is 1. The molecular weight excluding hydrogens is 352 g/mol. The normalized spacial score (nSPS) is 10.3. The fourth-order valence-electron chi connectivity index (χ4n) is 2.56. The average Bonchev–Trinajstić information content (AvgIpc) is 2.62. The van der Waals surface area contributed by atoms with Crippen LogP contribution in [-0.4, -0.2) is 13.1 Å². The van der Waals surface area contributed by atoms with Crippen molar-refractivity contribution < 1.29 is 9.53 Å². The van der Waals surface area contributed by atoms with Crippen molar-refractivity contribution in [1.82, 2.24) is 0 Å². The molecule has 0 saturated heterocycles. The van der Waals surface area contributed by atoms with Gasteiger partial charge in [0.25, 0.3) is 0 Å². The lowest BCUT2D eigenvalue weighted by Crippen LogP contribution is -2.00. The molecule has 0 fully saturated rings. The van der Waals surface area contributed by atoms with E-state index in [9.17, 15) is 4.79 Å². The molecule has 0 aliphatic carbocycles. The molecule has 0 amide bonds. The summed E-state index contributed by atoms with van der Waals surface area (Å²) in [7, 11) is 1.39. The monoisotopic (exact) mass is 366 g/mol. The first kappa shape index (κ1) is 15.5. The van der Waals surface area contributed by atoms with Gasteiger partial charge < -0.3 is 4.74 Å². The number of esters is 1. The molecule has 0 aromatic heterocycles. The second-order valence-corrected chi connectivity index (χ2v) is 6.04. The maximum absolute atomic E-state index is 11.8. The van der Waals surface area contributed by atoms with E-state index in [-0.39, 0.29) is 5.97 Å². The van der Waals surface area contributed by atoms with Crippen LogP contribution in [-0.2, 0) is 4.74 Å². The van der Waals surface area contributed by atoms with Crippen molar-refractivity contribution in [3.05, 3.63) is 82.8 Å². The predicted molar refractivity (Wildman–Crippen MR) is 96.4 cm³/mol. The summed E-state index contributed by atoms with van der Waals surface area (Å²) in [5.74, 6) is -0.328. The van der Waals surface area contributed by atoms with E-state index in [1.165, 1.54) is 7.11 Å². The fourth-order valence-corrected chi connectivity index (χ4v) is 2.92. The van der Waals surface area contributed by atoms with Crippen LogP contribution in [0.5, 0.6) is 0 Å². The molecular formula is C20H15BrO2. The maximum Gasteiger partial charge on any atom is 0.337 e. The highest BCUT2D eigenvalue weighted by molar-refractivity contribution is 9.10. The molecule has 0 N–H and O–H groups in total. The van der Waals surface area contributed by atoms with Crippen LogP contribution in [0.25, 0.3) is 22.3 Å². The molecule has 0 atom stereocenters. The molecule has 3 heteroatoms. The Hall–Kier alpha value is -2.39. The third-order valence-electron chi connectivity index (χ3n) is 3.66. The van der Waals surface area contributed by atoms with Gasteiger partial charge in [-0.1, -0.05) is 64.5 Å². The van der Waals surface area contributed by atoms with Crippen LogP contribution in [0, 0.1) is 0 Å². The minimum atomic E-state index is -0.328. The van der Waals surface area contributed by atoms with E-state index in [4.69, 9.17) is 4.74 Å². The van der Waals surface area contributed by atoms with Gasteiger partial charge in [-0.15, -0.1) is 0 Å². The molecule has 0 saturated carbocycles. The van der Waals surface area contributed by atoms with Gasteiger partial charge in [0.15, 0.2) is 0 Å². The molecule has 0 bridgehead atoms. The summed E-state index contributed by atoms with van der Waals surface area (Å²) in [5.41, 5.74) is 4.85. The van der Waals surface area contributed by atoms with Crippen LogP contribution in [0.15, 0.2) is 77.3 Å². The second-order valence-electron chi connectivity index (χ2n) is 5.13. The molecule has 3 aromatic rings. The first-order chi connectivity index (χ1) is 11.2. The van der Waals surface area contributed by atoms with E-state index in [1.54, 1.807) is 6.07 Å². The van der Waals surface area contributed by atoms with Crippen LogP contribution in [0.3, 0.4) is 0 Å². The molecule has 2 nitrogen and oxygen atoms in total. The Morgan fingerprint density at radius 3 is 2.30 bits per heavy atom. The second kappa shape index (κ2) is 6.80. The Labute approximate surface area is 143 Å². The molecule has 0 aliphatic rings. The summed E-state index contributed by atoms with van der Waals surface area (Å²) in [6, 6.07) is 23.9. The van der Waals surface area contributed by atoms with Crippen molar-refractivity contribution in [3.8, 4) is 22.3 Å². The third kappa shape index (κ3) is 3.35. The number of benzene rings is 3. The third-order valence-corrected chi connectivity index (χ3v) is 4.15. The Morgan fingerprint density at radius 1 is 0.826 bits per heavy atom. The molecule has 3 rings (SSSR count). The van der Waals surface area contributed by atoms with Crippen LogP contribution in [0.2, 0.25) is 0 Å². The zero-order valence-corrected chi connectivity index (χ0v) is 14.2. The van der Waals surface area contributed by atoms with Crippen LogP contribution in [0.4, 0.5) is 0 Å². The lowest BCUT2D eigenvalue weighted by molar-refractivity contribution is 0.0601. The quantitative estimate of drug-likeness (QED) is 0.566. The number of rotatable bonds is 3. The van der Waals surface area contributed by atoms with Crippen molar-refractivity contribution in [1.29, 1.82) is 0 Å². The first-order valence-corrected chi connectivity index (χ1v) is 8.02. The van der Waals surface area contributed by atoms with Gasteiger partial charge in [-0.3, -0.25) is 0 Å². The average molecular weight is 367 g/mol. The maximum atomic E-state index is 11.8. The largest absolute Gasteiger partial charge is 0.465 e. The van der Waals surface area contributed by atoms with E-state index in [1.807, 2.05) is 42.5 Å². The predicted octanol–water partition coefficient (Wildman–Crippen LogP) is 5.57. The van der Waals surface area contributed by atoms with Gasteiger partial charge in [-0.2, -0.15) is 0 Å². The minimum Gasteiger partial charge on any atom is -0.465 e. The lowest BCUT2D eigenvalue weighted by Gasteiger charge is -2.12. The summed E-state index contributed by atoms with van der Waals surface area (Å²) < 4.78 is 5.83. The first-order valence-electron chi connectivity index (χ1n) is 7.23. The van der Waals surface area contributed by atoms with E-state index in [2.05, 4.69) is 40.2 Å². The Morgan fingerprint density at radius 2 is 1.57 bits per heavy atom. The zero-order valence-electron chi connectivity index (χ0n) is 12.6. The molecule has 0 spiro atoms. The topological polar surface area (TPSA) is 26.3 Å². The minimum absolute atomic E-state index is 0.328. The molecule has 0 aliphatic heterocycles. The van der Waals surface area contributed by atoms with E-state index >= 15 is 0 Å². The van der Waals surface area contributed by atoms with Crippen molar-refractivity contribution in [2.24, 2.45) is 0 Å². The van der Waals surface area contributed by atoms with Gasteiger partial charge in [0, 0.05) is 4.47 Å². The van der Waals surface area contributed by atoms with Crippen molar-refractivity contribution in [2.45, 2.75) is 0 Å². The van der Waals surface area contributed by atoms with Crippen LogP contribution in [0.1, 0.15) is 10.4 Å². The highest BCUT2D eigenvalue weighted by Crippen LogP contribution is 2.34. The number of ether oxygens (including phenoxy) is 1. The Bertz CT molecular complexity index is 841. The Balaban J connectivity index is 2.16. The highest BCUT2D eigenvalue weighted by Gasteiger charge is 2.11. The van der Waals surface area contributed by atoms with Crippen LogP contribution < -0.4 is 0 Å². The molecule has 23 heavy (non-hydrogen) atoms. The van der Waals surface area contributed by atoms with Crippen LogP contribution >= 0.6 is 15.9 Å². The van der Waals surface area contributed by atoms with Gasteiger partial charge in [0.1, 0.15) is 0 Å². The van der Waals surface area contributed by atoms with Gasteiger partial charge >= 0.3 is 5.97 Å². The van der Waals surface area contributed by atoms with Gasteiger partial charge in [-0.25, -0.2) is 4.79 Å². The summed E-state index contributed by atoms with van der Waals surface area (Å²) in [6.45, 7) is 0. The SMILES string of the molecule is COC(=O)c1cccc(-c2ccc(Br)cc2-c2ccccc2)c1. The molecule has 0 unspecified atom stereocenters. The summed E-state index contributed by atoms with van der Waals surface area (Å²) in [4.78, 5) is 11.8. The number of halogens is 1.